The fourth-order valence-electron chi connectivity index (χ4n) is 3.32. The van der Waals surface area contributed by atoms with Crippen molar-refractivity contribution in [2.45, 2.75) is 31.1 Å². The van der Waals surface area contributed by atoms with E-state index in [1.54, 1.807) is 12.1 Å². The van der Waals surface area contributed by atoms with Crippen molar-refractivity contribution < 1.29 is 13.2 Å². The maximum atomic E-state index is 12.9. The lowest BCUT2D eigenvalue weighted by atomic mass is 9.98. The van der Waals surface area contributed by atoms with E-state index in [0.29, 0.717) is 24.4 Å². The van der Waals surface area contributed by atoms with Gasteiger partial charge in [-0.15, -0.1) is 0 Å². The molecule has 5 nitrogen and oxygen atoms in total. The van der Waals surface area contributed by atoms with E-state index in [9.17, 15) is 13.2 Å². The fraction of sp³-hybridized carbons (Fsp3) is 0.350. The molecule has 1 fully saturated rings. The maximum absolute atomic E-state index is 12.9. The molecule has 1 aliphatic heterocycles. The molecule has 3 rings (SSSR count). The van der Waals surface area contributed by atoms with Crippen LogP contribution in [0.4, 0.5) is 5.69 Å². The van der Waals surface area contributed by atoms with Gasteiger partial charge in [0.15, 0.2) is 0 Å². The molecule has 0 aromatic heterocycles. The van der Waals surface area contributed by atoms with Crippen molar-refractivity contribution in [3.8, 4) is 0 Å². The molecule has 1 aliphatic rings. The molecule has 0 unspecified atom stereocenters. The largest absolute Gasteiger partial charge is 0.326 e. The van der Waals surface area contributed by atoms with Crippen molar-refractivity contribution in [2.24, 2.45) is 5.92 Å². The van der Waals surface area contributed by atoms with Gasteiger partial charge in [-0.2, -0.15) is 4.31 Å². The van der Waals surface area contributed by atoms with Crippen molar-refractivity contribution in [3.63, 3.8) is 0 Å². The van der Waals surface area contributed by atoms with Crippen LogP contribution in [0.25, 0.3) is 0 Å². The third-order valence-electron chi connectivity index (χ3n) is 4.86. The van der Waals surface area contributed by atoms with E-state index in [0.717, 1.165) is 17.7 Å². The molecular weight excluding hydrogens is 384 g/mol. The molecule has 144 valence electrons. The van der Waals surface area contributed by atoms with Crippen molar-refractivity contribution >= 4 is 33.2 Å². The highest BCUT2D eigenvalue weighted by atomic mass is 35.5. The highest BCUT2D eigenvalue weighted by Gasteiger charge is 2.33. The number of benzene rings is 2. The normalized spacial score (nSPS) is 18.2. The van der Waals surface area contributed by atoms with Crippen LogP contribution in [0.2, 0.25) is 5.02 Å². The second kappa shape index (κ2) is 8.42. The first-order valence-electron chi connectivity index (χ1n) is 9.06. The molecule has 1 heterocycles. The summed E-state index contributed by atoms with van der Waals surface area (Å²) in [5.41, 5.74) is 1.86. The molecule has 7 heteroatoms. The summed E-state index contributed by atoms with van der Waals surface area (Å²) in [5.74, 6) is -0.502. The first-order valence-corrected chi connectivity index (χ1v) is 10.9. The van der Waals surface area contributed by atoms with Crippen LogP contribution in [0.5, 0.6) is 0 Å². The number of nitrogens with one attached hydrogen (secondary N) is 1. The number of aryl methyl sites for hydroxylation is 1. The molecule has 0 spiro atoms. The number of halogens is 1. The van der Waals surface area contributed by atoms with E-state index in [2.05, 4.69) is 5.32 Å². The number of sulfonamides is 1. The Balaban J connectivity index is 1.73. The van der Waals surface area contributed by atoms with E-state index in [1.807, 2.05) is 31.2 Å². The quantitative estimate of drug-likeness (QED) is 0.817. The molecular formula is C20H23ClN2O3S. The van der Waals surface area contributed by atoms with Crippen LogP contribution in [-0.4, -0.2) is 31.7 Å². The van der Waals surface area contributed by atoms with Crippen LogP contribution in [-0.2, 0) is 21.2 Å². The molecule has 0 aliphatic carbocycles. The molecule has 0 radical (unpaired) electrons. The van der Waals surface area contributed by atoms with E-state index in [4.69, 9.17) is 11.6 Å². The monoisotopic (exact) mass is 406 g/mol. The highest BCUT2D eigenvalue weighted by Crippen LogP contribution is 2.26. The number of hydrogen-bond acceptors (Lipinski definition) is 3. The van der Waals surface area contributed by atoms with Gasteiger partial charge in [0.25, 0.3) is 0 Å². The van der Waals surface area contributed by atoms with Gasteiger partial charge in [-0.25, -0.2) is 8.42 Å². The molecule has 2 aromatic rings. The number of nitrogens with zero attached hydrogens (tertiary/aromatic N) is 1. The van der Waals surface area contributed by atoms with Gasteiger partial charge in [0.1, 0.15) is 0 Å². The molecule has 2 aromatic carbocycles. The van der Waals surface area contributed by atoms with Gasteiger partial charge in [-0.1, -0.05) is 36.7 Å². The number of para-hydroxylation sites is 1. The van der Waals surface area contributed by atoms with Crippen molar-refractivity contribution in [2.75, 3.05) is 18.4 Å². The molecule has 1 saturated heterocycles. The third-order valence-corrected chi connectivity index (χ3v) is 6.99. The Hall–Kier alpha value is -1.89. The molecule has 1 amide bonds. The van der Waals surface area contributed by atoms with Gasteiger partial charge in [0.2, 0.25) is 15.9 Å². The number of anilines is 1. The summed E-state index contributed by atoms with van der Waals surface area (Å²) in [5, 5.41) is 3.46. The van der Waals surface area contributed by atoms with Crippen molar-refractivity contribution in [1.82, 2.24) is 4.31 Å². The minimum absolute atomic E-state index is 0.132. The summed E-state index contributed by atoms with van der Waals surface area (Å²) in [6.07, 6.45) is 2.14. The standard InChI is InChI=1S/C20H23ClN2O3S/c1-2-15-6-3-4-8-19(15)22-20(24)16-7-5-13-23(14-16)27(25,26)18-11-9-17(21)10-12-18/h3-4,6,8-12,16H,2,5,7,13-14H2,1H3,(H,22,24)/t16-/m1/s1. The predicted octanol–water partition coefficient (Wildman–Crippen LogP) is 3.94. The van der Waals surface area contributed by atoms with Crippen LogP contribution in [0, 0.1) is 5.92 Å². The average molecular weight is 407 g/mol. The summed E-state index contributed by atoms with van der Waals surface area (Å²) in [6.45, 7) is 2.64. The van der Waals surface area contributed by atoms with Gasteiger partial charge >= 0.3 is 0 Å². The number of rotatable bonds is 5. The summed E-state index contributed by atoms with van der Waals surface area (Å²) in [4.78, 5) is 12.9. The van der Waals surface area contributed by atoms with Crippen LogP contribution < -0.4 is 5.32 Å². The molecule has 0 saturated carbocycles. The zero-order valence-corrected chi connectivity index (χ0v) is 16.8. The third kappa shape index (κ3) is 4.51. The smallest absolute Gasteiger partial charge is 0.243 e. The lowest BCUT2D eigenvalue weighted by Gasteiger charge is -2.31. The van der Waals surface area contributed by atoms with Crippen LogP contribution >= 0.6 is 11.6 Å². The zero-order chi connectivity index (χ0) is 19.4. The molecule has 1 N–H and O–H groups in total. The Morgan fingerprint density at radius 1 is 1.19 bits per heavy atom. The Morgan fingerprint density at radius 3 is 2.59 bits per heavy atom. The summed E-state index contributed by atoms with van der Waals surface area (Å²) >= 11 is 5.85. The van der Waals surface area contributed by atoms with Gasteiger partial charge in [-0.3, -0.25) is 4.79 Å². The Morgan fingerprint density at radius 2 is 1.89 bits per heavy atom. The fourth-order valence-corrected chi connectivity index (χ4v) is 4.97. The lowest BCUT2D eigenvalue weighted by Crippen LogP contribution is -2.43. The maximum Gasteiger partial charge on any atom is 0.243 e. The van der Waals surface area contributed by atoms with E-state index < -0.39 is 10.0 Å². The van der Waals surface area contributed by atoms with Gasteiger partial charge in [0, 0.05) is 23.8 Å². The Kier molecular flexibility index (Phi) is 6.19. The second-order valence-corrected chi connectivity index (χ2v) is 9.03. The van der Waals surface area contributed by atoms with E-state index >= 15 is 0 Å². The lowest BCUT2D eigenvalue weighted by molar-refractivity contribution is -0.120. The number of hydrogen-bond donors (Lipinski definition) is 1. The molecule has 27 heavy (non-hydrogen) atoms. The molecule has 0 bridgehead atoms. The summed E-state index contributed by atoms with van der Waals surface area (Å²) < 4.78 is 27.2. The van der Waals surface area contributed by atoms with Gasteiger partial charge < -0.3 is 5.32 Å². The van der Waals surface area contributed by atoms with Crippen molar-refractivity contribution in [1.29, 1.82) is 0 Å². The van der Waals surface area contributed by atoms with Gasteiger partial charge in [-0.05, 0) is 55.2 Å². The minimum Gasteiger partial charge on any atom is -0.326 e. The average Bonchev–Trinajstić information content (AvgIpc) is 2.69. The second-order valence-electron chi connectivity index (χ2n) is 6.66. The van der Waals surface area contributed by atoms with Gasteiger partial charge in [0.05, 0.1) is 10.8 Å². The Labute approximate surface area is 165 Å². The Bertz CT molecular complexity index is 913. The number of carbonyl (C=O) groups is 1. The van der Waals surface area contributed by atoms with Crippen molar-refractivity contribution in [3.05, 3.63) is 59.1 Å². The zero-order valence-electron chi connectivity index (χ0n) is 15.2. The molecule has 1 atom stereocenters. The minimum atomic E-state index is -3.64. The number of carbonyl (C=O) groups excluding carboxylic acids is 1. The van der Waals surface area contributed by atoms with Crippen LogP contribution in [0.1, 0.15) is 25.3 Å². The van der Waals surface area contributed by atoms with E-state index in [1.165, 1.54) is 16.4 Å². The predicted molar refractivity (Wildman–Crippen MR) is 107 cm³/mol. The topological polar surface area (TPSA) is 66.5 Å². The number of amides is 1. The first kappa shape index (κ1) is 19.9. The SMILES string of the molecule is CCc1ccccc1NC(=O)[C@@H]1CCCN(S(=O)(=O)c2ccc(Cl)cc2)C1. The van der Waals surface area contributed by atoms with E-state index in [-0.39, 0.29) is 23.3 Å². The number of piperidine rings is 1. The first-order chi connectivity index (χ1) is 12.9. The van der Waals surface area contributed by atoms with Crippen LogP contribution in [0.15, 0.2) is 53.4 Å². The van der Waals surface area contributed by atoms with Crippen LogP contribution in [0.3, 0.4) is 0 Å². The highest BCUT2D eigenvalue weighted by molar-refractivity contribution is 7.89. The summed E-state index contributed by atoms with van der Waals surface area (Å²) in [6, 6.07) is 13.8. The summed E-state index contributed by atoms with van der Waals surface area (Å²) in [7, 11) is -3.64.